The van der Waals surface area contributed by atoms with Crippen LogP contribution in [0.15, 0.2) is 36.7 Å². The van der Waals surface area contributed by atoms with Crippen molar-refractivity contribution in [3.63, 3.8) is 0 Å². The molecule has 6 nitrogen and oxygen atoms in total. The predicted molar refractivity (Wildman–Crippen MR) is 104 cm³/mol. The predicted octanol–water partition coefficient (Wildman–Crippen LogP) is 3.58. The number of aliphatic hydroxyl groups excluding tert-OH is 1. The highest BCUT2D eigenvalue weighted by atomic mass is 16.3. The van der Waals surface area contributed by atoms with E-state index in [0.717, 1.165) is 29.2 Å². The van der Waals surface area contributed by atoms with Gasteiger partial charge in [0, 0.05) is 25.6 Å². The zero-order valence-corrected chi connectivity index (χ0v) is 15.7. The lowest BCUT2D eigenvalue weighted by Crippen LogP contribution is -2.13. The van der Waals surface area contributed by atoms with Crippen LogP contribution in [0.1, 0.15) is 44.6 Å². The zero-order chi connectivity index (χ0) is 18.5. The molecular weight excluding hydrogens is 326 g/mol. The fourth-order valence-corrected chi connectivity index (χ4v) is 2.93. The number of nitrogens with zero attached hydrogens (tertiary/aromatic N) is 4. The highest BCUT2D eigenvalue weighted by Gasteiger charge is 2.17. The van der Waals surface area contributed by atoms with Gasteiger partial charge in [0.2, 0.25) is 0 Å². The fourth-order valence-electron chi connectivity index (χ4n) is 2.93. The molecule has 6 heteroatoms. The van der Waals surface area contributed by atoms with Crippen molar-refractivity contribution in [3.05, 3.63) is 48.0 Å². The average molecular weight is 353 g/mol. The molecule has 0 saturated carbocycles. The van der Waals surface area contributed by atoms with Crippen LogP contribution in [-0.2, 0) is 13.0 Å². The maximum Gasteiger partial charge on any atom is 0.166 e. The van der Waals surface area contributed by atoms with Crippen molar-refractivity contribution in [2.75, 3.05) is 11.9 Å². The first-order valence-corrected chi connectivity index (χ1v) is 9.24. The summed E-state index contributed by atoms with van der Waals surface area (Å²) >= 11 is 0. The van der Waals surface area contributed by atoms with Crippen LogP contribution in [0, 0.1) is 5.92 Å². The molecule has 1 aromatic carbocycles. The fraction of sp³-hybridized carbons (Fsp3) is 0.450. The van der Waals surface area contributed by atoms with Crippen molar-refractivity contribution in [1.29, 1.82) is 0 Å². The van der Waals surface area contributed by atoms with Gasteiger partial charge in [-0.1, -0.05) is 43.7 Å². The van der Waals surface area contributed by atoms with Crippen molar-refractivity contribution < 1.29 is 5.11 Å². The molecule has 0 saturated heterocycles. The van der Waals surface area contributed by atoms with Gasteiger partial charge < -0.3 is 15.0 Å². The van der Waals surface area contributed by atoms with Gasteiger partial charge >= 0.3 is 0 Å². The van der Waals surface area contributed by atoms with E-state index in [1.54, 1.807) is 0 Å². The molecule has 0 unspecified atom stereocenters. The normalized spacial score (nSPS) is 12.7. The third-order valence-electron chi connectivity index (χ3n) is 4.63. The number of benzene rings is 1. The summed E-state index contributed by atoms with van der Waals surface area (Å²) in [4.78, 5) is 14.0. The van der Waals surface area contributed by atoms with E-state index in [2.05, 4.69) is 47.8 Å². The van der Waals surface area contributed by atoms with Gasteiger partial charge in [-0.25, -0.2) is 15.0 Å². The minimum absolute atomic E-state index is 0.147. The average Bonchev–Trinajstić information content (AvgIpc) is 3.09. The molecule has 26 heavy (non-hydrogen) atoms. The van der Waals surface area contributed by atoms with Crippen molar-refractivity contribution in [2.24, 2.45) is 5.92 Å². The number of anilines is 1. The lowest BCUT2D eigenvalue weighted by Gasteiger charge is -2.14. The zero-order valence-electron chi connectivity index (χ0n) is 15.7. The Kier molecular flexibility index (Phi) is 5.83. The number of imidazole rings is 1. The first kappa shape index (κ1) is 18.3. The standard InChI is InChI=1S/C20H27N5O/c1-4-15(12-26)10-17-23-19(21-11-16-8-6-5-7-9-16)18-20(24-17)25(13-22-18)14(2)3/h5-9,13-15,26H,4,10-12H2,1-3H3,(H,21,23,24)/t15-/m0/s1. The first-order valence-electron chi connectivity index (χ1n) is 9.24. The molecule has 0 fully saturated rings. The lowest BCUT2D eigenvalue weighted by molar-refractivity contribution is 0.220. The van der Waals surface area contributed by atoms with Crippen molar-refractivity contribution >= 4 is 17.0 Å². The Hall–Kier alpha value is -2.47. The summed E-state index contributed by atoms with van der Waals surface area (Å²) in [6.07, 6.45) is 3.38. The third kappa shape index (κ3) is 4.02. The largest absolute Gasteiger partial charge is 0.396 e. The number of aromatic nitrogens is 4. The van der Waals surface area contributed by atoms with Crippen LogP contribution in [0.4, 0.5) is 5.82 Å². The Bertz CT molecular complexity index is 840. The molecule has 2 N–H and O–H groups in total. The molecule has 0 radical (unpaired) electrons. The second-order valence-corrected chi connectivity index (χ2v) is 6.91. The van der Waals surface area contributed by atoms with E-state index in [1.807, 2.05) is 24.5 Å². The molecule has 2 aromatic heterocycles. The Morgan fingerprint density at radius 2 is 1.92 bits per heavy atom. The Labute approximate surface area is 154 Å². The molecular formula is C20H27N5O. The SMILES string of the molecule is CC[C@H](CO)Cc1nc(NCc2ccccc2)c2ncn(C(C)C)c2n1. The highest BCUT2D eigenvalue weighted by molar-refractivity contribution is 5.83. The van der Waals surface area contributed by atoms with Crippen molar-refractivity contribution in [3.8, 4) is 0 Å². The molecule has 3 rings (SSSR count). The third-order valence-corrected chi connectivity index (χ3v) is 4.63. The number of nitrogens with one attached hydrogen (secondary N) is 1. The smallest absolute Gasteiger partial charge is 0.166 e. The summed E-state index contributed by atoms with van der Waals surface area (Å²) < 4.78 is 2.06. The van der Waals surface area contributed by atoms with Gasteiger partial charge in [0.25, 0.3) is 0 Å². The quantitative estimate of drug-likeness (QED) is 0.647. The van der Waals surface area contributed by atoms with Gasteiger partial charge in [0.15, 0.2) is 11.5 Å². The summed E-state index contributed by atoms with van der Waals surface area (Å²) in [6.45, 7) is 7.13. The van der Waals surface area contributed by atoms with E-state index < -0.39 is 0 Å². The molecule has 2 heterocycles. The summed E-state index contributed by atoms with van der Waals surface area (Å²) in [5.74, 6) is 1.67. The topological polar surface area (TPSA) is 75.9 Å². The Morgan fingerprint density at radius 1 is 1.15 bits per heavy atom. The maximum atomic E-state index is 9.54. The van der Waals surface area contributed by atoms with Gasteiger partial charge in [-0.15, -0.1) is 0 Å². The van der Waals surface area contributed by atoms with Crippen LogP contribution in [0.5, 0.6) is 0 Å². The summed E-state index contributed by atoms with van der Waals surface area (Å²) in [6, 6.07) is 10.5. The van der Waals surface area contributed by atoms with E-state index in [0.29, 0.717) is 13.0 Å². The Balaban J connectivity index is 1.96. The van der Waals surface area contributed by atoms with Crippen molar-refractivity contribution in [2.45, 2.75) is 46.2 Å². The van der Waals surface area contributed by atoms with Crippen LogP contribution in [0.3, 0.4) is 0 Å². The van der Waals surface area contributed by atoms with Crippen LogP contribution in [-0.4, -0.2) is 31.2 Å². The molecule has 3 aromatic rings. The molecule has 0 bridgehead atoms. The van der Waals surface area contributed by atoms with Gasteiger partial charge in [0.05, 0.1) is 6.33 Å². The summed E-state index contributed by atoms with van der Waals surface area (Å²) in [5, 5.41) is 13.0. The monoisotopic (exact) mass is 353 g/mol. The Morgan fingerprint density at radius 3 is 2.58 bits per heavy atom. The molecule has 138 valence electrons. The van der Waals surface area contributed by atoms with E-state index in [9.17, 15) is 5.11 Å². The van der Waals surface area contributed by atoms with Gasteiger partial charge in [0.1, 0.15) is 11.3 Å². The van der Waals surface area contributed by atoms with Crippen LogP contribution in [0.2, 0.25) is 0 Å². The van der Waals surface area contributed by atoms with E-state index in [4.69, 9.17) is 9.97 Å². The number of aliphatic hydroxyl groups is 1. The van der Waals surface area contributed by atoms with Crippen LogP contribution in [0.25, 0.3) is 11.2 Å². The molecule has 0 aliphatic rings. The van der Waals surface area contributed by atoms with Gasteiger partial charge in [-0.3, -0.25) is 0 Å². The number of hydrogen-bond acceptors (Lipinski definition) is 5. The molecule has 0 amide bonds. The molecule has 0 aliphatic carbocycles. The van der Waals surface area contributed by atoms with Gasteiger partial charge in [-0.05, 0) is 25.3 Å². The maximum absolute atomic E-state index is 9.54. The number of fused-ring (bicyclic) bond motifs is 1. The number of rotatable bonds is 8. The van der Waals surface area contributed by atoms with Gasteiger partial charge in [-0.2, -0.15) is 0 Å². The first-order chi connectivity index (χ1) is 12.6. The summed E-state index contributed by atoms with van der Waals surface area (Å²) in [5.41, 5.74) is 2.81. The van der Waals surface area contributed by atoms with E-state index in [1.165, 1.54) is 5.56 Å². The molecule has 0 aliphatic heterocycles. The highest BCUT2D eigenvalue weighted by Crippen LogP contribution is 2.23. The van der Waals surface area contributed by atoms with Crippen molar-refractivity contribution in [1.82, 2.24) is 19.5 Å². The summed E-state index contributed by atoms with van der Waals surface area (Å²) in [7, 11) is 0. The van der Waals surface area contributed by atoms with E-state index >= 15 is 0 Å². The minimum atomic E-state index is 0.147. The molecule has 0 spiro atoms. The second kappa shape index (κ2) is 8.27. The van der Waals surface area contributed by atoms with Crippen LogP contribution < -0.4 is 5.32 Å². The van der Waals surface area contributed by atoms with Crippen LogP contribution >= 0.6 is 0 Å². The second-order valence-electron chi connectivity index (χ2n) is 6.91. The number of hydrogen-bond donors (Lipinski definition) is 2. The molecule has 1 atom stereocenters. The lowest BCUT2D eigenvalue weighted by atomic mass is 10.0. The van der Waals surface area contributed by atoms with E-state index in [-0.39, 0.29) is 18.6 Å². The minimum Gasteiger partial charge on any atom is -0.396 e.